The van der Waals surface area contributed by atoms with Crippen LogP contribution in [0.2, 0.25) is 0 Å². The molecule has 176 valence electrons. The van der Waals surface area contributed by atoms with Gasteiger partial charge in [-0.3, -0.25) is 4.79 Å². The summed E-state index contributed by atoms with van der Waals surface area (Å²) < 4.78 is 32.2. The molecule has 8 heteroatoms. The third-order valence-corrected chi connectivity index (χ3v) is 6.84. The SMILES string of the molecule is COCC(=O)N[C@@H](Cc1cc(F)cc(F)c1)[C@H](O)CN[C@H]1CC(C)(C)Cc2sc(C)cc21. The molecule has 1 aromatic heterocycles. The van der Waals surface area contributed by atoms with Gasteiger partial charge in [0.2, 0.25) is 5.91 Å². The molecule has 0 radical (unpaired) electrons. The van der Waals surface area contributed by atoms with Crippen LogP contribution in [-0.4, -0.2) is 43.4 Å². The molecule has 1 aliphatic carbocycles. The van der Waals surface area contributed by atoms with E-state index in [-0.39, 0.29) is 31.0 Å². The predicted molar refractivity (Wildman–Crippen MR) is 122 cm³/mol. The number of aliphatic hydroxyl groups is 1. The minimum absolute atomic E-state index is 0.0892. The van der Waals surface area contributed by atoms with Crippen molar-refractivity contribution in [3.63, 3.8) is 0 Å². The number of halogens is 2. The normalized spacial score (nSPS) is 19.3. The van der Waals surface area contributed by atoms with E-state index in [1.807, 2.05) is 11.3 Å². The summed E-state index contributed by atoms with van der Waals surface area (Å²) in [6, 6.07) is 4.78. The van der Waals surface area contributed by atoms with Crippen molar-refractivity contribution in [3.8, 4) is 0 Å². The number of rotatable bonds is 9. The number of carbonyl (C=O) groups is 1. The Kier molecular flexibility index (Phi) is 8.03. The molecule has 1 amide bonds. The van der Waals surface area contributed by atoms with E-state index in [1.165, 1.54) is 34.6 Å². The van der Waals surface area contributed by atoms with E-state index in [2.05, 4.69) is 37.5 Å². The lowest BCUT2D eigenvalue weighted by molar-refractivity contribution is -0.126. The first-order valence-corrected chi connectivity index (χ1v) is 11.6. The first-order chi connectivity index (χ1) is 15.1. The van der Waals surface area contributed by atoms with Gasteiger partial charge in [-0.05, 0) is 60.9 Å². The molecule has 0 unspecified atom stereocenters. The van der Waals surface area contributed by atoms with Crippen LogP contribution in [0.1, 0.15) is 47.2 Å². The van der Waals surface area contributed by atoms with Crippen molar-refractivity contribution in [1.82, 2.24) is 10.6 Å². The van der Waals surface area contributed by atoms with Crippen LogP contribution in [0.3, 0.4) is 0 Å². The molecule has 5 nitrogen and oxygen atoms in total. The average molecular weight is 467 g/mol. The molecule has 0 aliphatic heterocycles. The highest BCUT2D eigenvalue weighted by atomic mass is 32.1. The molecule has 2 aromatic rings. The van der Waals surface area contributed by atoms with Crippen LogP contribution < -0.4 is 10.6 Å². The van der Waals surface area contributed by atoms with Gasteiger partial charge in [0, 0.05) is 35.5 Å². The summed E-state index contributed by atoms with van der Waals surface area (Å²) >= 11 is 1.81. The molecule has 3 N–H and O–H groups in total. The van der Waals surface area contributed by atoms with Gasteiger partial charge in [0.05, 0.1) is 12.1 Å². The van der Waals surface area contributed by atoms with E-state index in [4.69, 9.17) is 4.74 Å². The van der Waals surface area contributed by atoms with Gasteiger partial charge >= 0.3 is 0 Å². The minimum atomic E-state index is -0.963. The molecule has 0 spiro atoms. The molecule has 0 saturated heterocycles. The molecule has 3 rings (SSSR count). The van der Waals surface area contributed by atoms with Crippen LogP contribution >= 0.6 is 11.3 Å². The van der Waals surface area contributed by atoms with Crippen LogP contribution in [0, 0.1) is 24.0 Å². The van der Waals surface area contributed by atoms with Gasteiger partial charge in [-0.1, -0.05) is 13.8 Å². The number of ether oxygens (including phenoxy) is 1. The van der Waals surface area contributed by atoms with Gasteiger partial charge in [-0.15, -0.1) is 11.3 Å². The average Bonchev–Trinajstić information content (AvgIpc) is 3.03. The van der Waals surface area contributed by atoms with Crippen molar-refractivity contribution in [2.24, 2.45) is 5.41 Å². The lowest BCUT2D eigenvalue weighted by Gasteiger charge is -2.36. The maximum atomic E-state index is 13.6. The highest BCUT2D eigenvalue weighted by Gasteiger charge is 2.34. The summed E-state index contributed by atoms with van der Waals surface area (Å²) in [4.78, 5) is 14.8. The first-order valence-electron chi connectivity index (χ1n) is 10.8. The number of aryl methyl sites for hydroxylation is 1. The molecule has 1 heterocycles. The fraction of sp³-hybridized carbons (Fsp3) is 0.542. The van der Waals surface area contributed by atoms with Crippen molar-refractivity contribution in [2.75, 3.05) is 20.3 Å². The second kappa shape index (κ2) is 10.4. The number of aliphatic hydroxyl groups excluding tert-OH is 1. The Hall–Kier alpha value is -1.87. The van der Waals surface area contributed by atoms with Crippen LogP contribution in [0.25, 0.3) is 0 Å². The first kappa shape index (κ1) is 24.8. The van der Waals surface area contributed by atoms with Crippen molar-refractivity contribution in [2.45, 2.75) is 58.2 Å². The van der Waals surface area contributed by atoms with Crippen LogP contribution in [-0.2, 0) is 22.4 Å². The van der Waals surface area contributed by atoms with E-state index in [1.54, 1.807) is 0 Å². The van der Waals surface area contributed by atoms with Crippen LogP contribution in [0.15, 0.2) is 24.3 Å². The minimum Gasteiger partial charge on any atom is -0.390 e. The summed E-state index contributed by atoms with van der Waals surface area (Å²) in [5.41, 5.74) is 1.77. The topological polar surface area (TPSA) is 70.6 Å². The van der Waals surface area contributed by atoms with Gasteiger partial charge in [0.1, 0.15) is 18.2 Å². The fourth-order valence-corrected chi connectivity index (χ4v) is 5.77. The van der Waals surface area contributed by atoms with Gasteiger partial charge in [-0.2, -0.15) is 0 Å². The summed E-state index contributed by atoms with van der Waals surface area (Å²) in [7, 11) is 1.40. The van der Waals surface area contributed by atoms with E-state index in [9.17, 15) is 18.7 Å². The molecule has 0 fully saturated rings. The summed E-state index contributed by atoms with van der Waals surface area (Å²) in [6.45, 7) is 6.64. The van der Waals surface area contributed by atoms with E-state index in [0.29, 0.717) is 5.56 Å². The molecular weight excluding hydrogens is 434 g/mol. The van der Waals surface area contributed by atoms with Gasteiger partial charge in [0.25, 0.3) is 0 Å². The molecule has 3 atom stereocenters. The fourth-order valence-electron chi connectivity index (χ4n) is 4.42. The number of carbonyl (C=O) groups excluding carboxylic acids is 1. The summed E-state index contributed by atoms with van der Waals surface area (Å²) in [5, 5.41) is 17.1. The lowest BCUT2D eigenvalue weighted by Crippen LogP contribution is -2.50. The monoisotopic (exact) mass is 466 g/mol. The maximum Gasteiger partial charge on any atom is 0.246 e. The lowest BCUT2D eigenvalue weighted by atomic mass is 9.75. The van der Waals surface area contributed by atoms with Crippen LogP contribution in [0.5, 0.6) is 0 Å². The summed E-state index contributed by atoms with van der Waals surface area (Å²) in [6.07, 6.45) is 1.09. The number of benzene rings is 1. The number of fused-ring (bicyclic) bond motifs is 1. The Balaban J connectivity index is 1.73. The number of hydrogen-bond donors (Lipinski definition) is 3. The molecule has 0 bridgehead atoms. The van der Waals surface area contributed by atoms with Gasteiger partial charge < -0.3 is 20.5 Å². The Labute approximate surface area is 192 Å². The molecule has 0 saturated carbocycles. The zero-order valence-electron chi connectivity index (χ0n) is 19.0. The quantitative estimate of drug-likeness (QED) is 0.527. The van der Waals surface area contributed by atoms with Crippen LogP contribution in [0.4, 0.5) is 8.78 Å². The third-order valence-electron chi connectivity index (χ3n) is 5.77. The predicted octanol–water partition coefficient (Wildman–Crippen LogP) is 3.67. The smallest absolute Gasteiger partial charge is 0.246 e. The maximum absolute atomic E-state index is 13.6. The Morgan fingerprint density at radius 3 is 2.62 bits per heavy atom. The van der Waals surface area contributed by atoms with E-state index in [0.717, 1.165) is 18.9 Å². The van der Waals surface area contributed by atoms with Gasteiger partial charge in [0.15, 0.2) is 0 Å². The Bertz CT molecular complexity index is 927. The van der Waals surface area contributed by atoms with Crippen molar-refractivity contribution in [3.05, 3.63) is 56.8 Å². The second-order valence-corrected chi connectivity index (χ2v) is 10.7. The Morgan fingerprint density at radius 2 is 1.97 bits per heavy atom. The summed E-state index contributed by atoms with van der Waals surface area (Å²) in [5.74, 6) is -1.79. The number of thiophene rings is 1. The number of hydrogen-bond acceptors (Lipinski definition) is 5. The van der Waals surface area contributed by atoms with Gasteiger partial charge in [-0.25, -0.2) is 8.78 Å². The zero-order valence-corrected chi connectivity index (χ0v) is 19.8. The highest BCUT2D eigenvalue weighted by Crippen LogP contribution is 2.44. The largest absolute Gasteiger partial charge is 0.390 e. The Morgan fingerprint density at radius 1 is 1.28 bits per heavy atom. The van der Waals surface area contributed by atoms with E-state index < -0.39 is 29.7 Å². The third kappa shape index (κ3) is 6.57. The number of methoxy groups -OCH3 is 1. The van der Waals surface area contributed by atoms with Crippen molar-refractivity contribution in [1.29, 1.82) is 0 Å². The number of amides is 1. The molecular formula is C24H32F2N2O3S. The molecule has 1 aliphatic rings. The molecule has 32 heavy (non-hydrogen) atoms. The zero-order chi connectivity index (χ0) is 23.5. The highest BCUT2D eigenvalue weighted by molar-refractivity contribution is 7.12. The van der Waals surface area contributed by atoms with Crippen molar-refractivity contribution < 1.29 is 23.4 Å². The van der Waals surface area contributed by atoms with E-state index >= 15 is 0 Å². The second-order valence-electron chi connectivity index (χ2n) is 9.40. The number of nitrogens with one attached hydrogen (secondary N) is 2. The van der Waals surface area contributed by atoms with Crippen molar-refractivity contribution >= 4 is 17.2 Å². The standard InChI is InChI=1S/C24H32F2N2O3S/c1-14-5-18-20(10-24(2,3)11-22(18)32-14)27-12-21(29)19(28-23(30)13-31-4)8-15-6-16(25)9-17(26)7-15/h5-7,9,19-21,27,29H,8,10-13H2,1-4H3,(H,28,30)/t19-,20-,21+/m0/s1. The molecule has 1 aromatic carbocycles.